The summed E-state index contributed by atoms with van der Waals surface area (Å²) >= 11 is 0. The molecule has 154 valence electrons. The number of nitrogens with one attached hydrogen (secondary N) is 1. The number of carbonyl (C=O) groups is 1. The normalized spacial score (nSPS) is 14.3. The minimum absolute atomic E-state index is 0.301. The molecule has 0 bridgehead atoms. The Kier molecular flexibility index (Phi) is 5.71. The zero-order valence-electron chi connectivity index (χ0n) is 16.2. The maximum absolute atomic E-state index is 14.1. The van der Waals surface area contributed by atoms with Crippen molar-refractivity contribution in [3.63, 3.8) is 0 Å². The highest BCUT2D eigenvalue weighted by Crippen LogP contribution is 2.45. The molecule has 1 amide bonds. The van der Waals surface area contributed by atoms with Gasteiger partial charge in [0, 0.05) is 11.5 Å². The molecule has 1 fully saturated rings. The van der Waals surface area contributed by atoms with Crippen LogP contribution < -0.4 is 5.73 Å². The van der Waals surface area contributed by atoms with Gasteiger partial charge < -0.3 is 15.8 Å². The average Bonchev–Trinajstić information content (AvgIpc) is 2.93. The van der Waals surface area contributed by atoms with Crippen molar-refractivity contribution in [2.24, 2.45) is 5.73 Å². The molecule has 2 aromatic carbocycles. The summed E-state index contributed by atoms with van der Waals surface area (Å²) < 4.78 is 40.8. The van der Waals surface area contributed by atoms with E-state index in [1.807, 2.05) is 0 Å². The zero-order valence-corrected chi connectivity index (χ0v) is 16.2. The van der Waals surface area contributed by atoms with Crippen LogP contribution in [-0.4, -0.2) is 21.6 Å². The first-order valence-electron chi connectivity index (χ1n) is 9.36. The van der Waals surface area contributed by atoms with Crippen LogP contribution in [0.4, 0.5) is 13.2 Å². The third-order valence-corrected chi connectivity index (χ3v) is 5.11. The molecule has 4 rings (SSSR count). The number of primary amides is 1. The van der Waals surface area contributed by atoms with Crippen LogP contribution in [0.5, 0.6) is 0 Å². The Morgan fingerprint density at radius 1 is 1.10 bits per heavy atom. The lowest BCUT2D eigenvalue weighted by atomic mass is 9.78. The maximum atomic E-state index is 14.1. The van der Waals surface area contributed by atoms with Crippen molar-refractivity contribution in [2.75, 3.05) is 0 Å². The Bertz CT molecular complexity index is 1030. The number of halogens is 3. The summed E-state index contributed by atoms with van der Waals surface area (Å²) in [5.74, 6) is -1.89. The van der Waals surface area contributed by atoms with Crippen LogP contribution in [0.15, 0.2) is 36.4 Å². The van der Waals surface area contributed by atoms with Crippen molar-refractivity contribution in [3.8, 4) is 11.3 Å². The number of aromatic amines is 1. The lowest BCUT2D eigenvalue weighted by Crippen LogP contribution is -2.37. The first-order valence-corrected chi connectivity index (χ1v) is 9.36. The van der Waals surface area contributed by atoms with Gasteiger partial charge in [0.1, 0.15) is 23.1 Å². The van der Waals surface area contributed by atoms with Crippen molar-refractivity contribution >= 4 is 16.8 Å². The van der Waals surface area contributed by atoms with E-state index in [1.54, 1.807) is 12.1 Å². The van der Waals surface area contributed by atoms with Crippen LogP contribution in [0.2, 0.25) is 0 Å². The molecule has 1 heterocycles. The highest BCUT2D eigenvalue weighted by Gasteiger charge is 2.27. The predicted octanol–water partition coefficient (Wildman–Crippen LogP) is 4.76. The zero-order chi connectivity index (χ0) is 21.3. The number of H-pyrrole nitrogens is 1. The minimum atomic E-state index is -1.36. The number of benzene rings is 2. The van der Waals surface area contributed by atoms with Gasteiger partial charge in [-0.2, -0.15) is 0 Å². The second-order valence-corrected chi connectivity index (χ2v) is 7.78. The molecule has 0 unspecified atom stereocenters. The number of amides is 1. The van der Waals surface area contributed by atoms with Crippen molar-refractivity contribution in [2.45, 2.75) is 44.6 Å². The van der Waals surface area contributed by atoms with E-state index in [0.29, 0.717) is 16.8 Å². The lowest BCUT2D eigenvalue weighted by molar-refractivity contribution is -0.132. The van der Waals surface area contributed by atoms with E-state index in [1.165, 1.54) is 32.0 Å². The van der Waals surface area contributed by atoms with Crippen molar-refractivity contribution in [3.05, 3.63) is 59.4 Å². The molecule has 4 nitrogen and oxygen atoms in total. The molecule has 0 spiro atoms. The fourth-order valence-electron chi connectivity index (χ4n) is 3.21. The number of fused-ring (bicyclic) bond motifs is 1. The largest absolute Gasteiger partial charge is 0.381 e. The predicted molar refractivity (Wildman–Crippen MR) is 106 cm³/mol. The second kappa shape index (κ2) is 7.91. The van der Waals surface area contributed by atoms with Crippen LogP contribution >= 0.6 is 0 Å². The van der Waals surface area contributed by atoms with Gasteiger partial charge in [-0.15, -0.1) is 0 Å². The van der Waals surface area contributed by atoms with Crippen LogP contribution in [0, 0.1) is 17.5 Å². The van der Waals surface area contributed by atoms with E-state index < -0.39 is 23.1 Å². The molecule has 1 aliphatic rings. The van der Waals surface area contributed by atoms with E-state index in [0.717, 1.165) is 42.1 Å². The first kappa shape index (κ1) is 20.9. The third kappa shape index (κ3) is 4.45. The first-order chi connectivity index (χ1) is 13.6. The topological polar surface area (TPSA) is 79.1 Å². The van der Waals surface area contributed by atoms with E-state index in [9.17, 15) is 18.0 Å². The summed E-state index contributed by atoms with van der Waals surface area (Å²) in [4.78, 5) is 13.1. The van der Waals surface area contributed by atoms with Crippen molar-refractivity contribution in [1.82, 2.24) is 4.98 Å². The van der Waals surface area contributed by atoms with Gasteiger partial charge in [0.05, 0.1) is 11.2 Å². The monoisotopic (exact) mass is 404 g/mol. The molecule has 4 N–H and O–H groups in total. The number of hydrogen-bond acceptors (Lipinski definition) is 2. The SMILES string of the molecule is CC(C)(O)C(N)=O.Fc1ccc(-c2[nH]c3c(F)cc(F)cc3c2C2CCC2)cc1. The van der Waals surface area contributed by atoms with E-state index in [-0.39, 0.29) is 5.82 Å². The molecule has 0 atom stereocenters. The maximum Gasteiger partial charge on any atom is 0.248 e. The third-order valence-electron chi connectivity index (χ3n) is 5.11. The molecule has 3 aromatic rings. The summed E-state index contributed by atoms with van der Waals surface area (Å²) in [5, 5.41) is 9.22. The summed E-state index contributed by atoms with van der Waals surface area (Å²) in [6.45, 7) is 2.69. The molecule has 1 aliphatic carbocycles. The molecule has 0 aliphatic heterocycles. The Hall–Kier alpha value is -2.80. The van der Waals surface area contributed by atoms with E-state index >= 15 is 0 Å². The Morgan fingerprint density at radius 2 is 1.69 bits per heavy atom. The molecule has 1 aromatic heterocycles. The molecule has 0 radical (unpaired) electrons. The molecular formula is C22H23F3N2O2. The van der Waals surface area contributed by atoms with Gasteiger partial charge >= 0.3 is 0 Å². The number of rotatable bonds is 3. The molecular weight excluding hydrogens is 381 g/mol. The van der Waals surface area contributed by atoms with Crippen LogP contribution in [0.25, 0.3) is 22.2 Å². The molecule has 0 saturated heterocycles. The van der Waals surface area contributed by atoms with Gasteiger partial charge in [-0.25, -0.2) is 13.2 Å². The van der Waals surface area contributed by atoms with Gasteiger partial charge in [0.15, 0.2) is 0 Å². The number of nitrogens with two attached hydrogens (primary N) is 1. The smallest absolute Gasteiger partial charge is 0.248 e. The standard InChI is InChI=1S/C18H14F3N.C4H9NO2/c19-12-6-4-11(5-7-12)17-16(10-2-1-3-10)14-8-13(20)9-15(21)18(14)22-17;1-4(2,7)3(5)6/h4-10,22H,1-3H2;7H,1-2H3,(H2,5,6). The summed E-state index contributed by atoms with van der Waals surface area (Å²) in [7, 11) is 0. The van der Waals surface area contributed by atoms with E-state index in [2.05, 4.69) is 10.7 Å². The van der Waals surface area contributed by atoms with Crippen molar-refractivity contribution < 1.29 is 23.1 Å². The highest BCUT2D eigenvalue weighted by molar-refractivity contribution is 5.92. The quantitative estimate of drug-likeness (QED) is 0.588. The Morgan fingerprint density at radius 3 is 2.17 bits per heavy atom. The Balaban J connectivity index is 0.000000298. The fourth-order valence-corrected chi connectivity index (χ4v) is 3.21. The van der Waals surface area contributed by atoms with Crippen LogP contribution in [0.1, 0.15) is 44.6 Å². The number of aliphatic hydroxyl groups is 1. The lowest BCUT2D eigenvalue weighted by Gasteiger charge is -2.26. The van der Waals surface area contributed by atoms with Gasteiger partial charge in [-0.1, -0.05) is 6.42 Å². The summed E-state index contributed by atoms with van der Waals surface area (Å²) in [6.07, 6.45) is 3.15. The minimum Gasteiger partial charge on any atom is -0.381 e. The molecule has 1 saturated carbocycles. The van der Waals surface area contributed by atoms with Crippen molar-refractivity contribution in [1.29, 1.82) is 0 Å². The van der Waals surface area contributed by atoms with Gasteiger partial charge in [-0.05, 0) is 74.1 Å². The second-order valence-electron chi connectivity index (χ2n) is 7.78. The van der Waals surface area contributed by atoms with Crippen LogP contribution in [0.3, 0.4) is 0 Å². The van der Waals surface area contributed by atoms with Gasteiger partial charge in [0.2, 0.25) is 5.91 Å². The highest BCUT2D eigenvalue weighted by atomic mass is 19.1. The molecule has 29 heavy (non-hydrogen) atoms. The average molecular weight is 404 g/mol. The summed E-state index contributed by atoms with van der Waals surface area (Å²) in [6, 6.07) is 8.35. The number of carbonyl (C=O) groups excluding carboxylic acids is 1. The van der Waals surface area contributed by atoms with Gasteiger partial charge in [0.25, 0.3) is 0 Å². The summed E-state index contributed by atoms with van der Waals surface area (Å²) in [5.41, 5.74) is 6.15. The van der Waals surface area contributed by atoms with Gasteiger partial charge in [-0.3, -0.25) is 4.79 Å². The fraction of sp³-hybridized carbons (Fsp3) is 0.318. The van der Waals surface area contributed by atoms with Crippen LogP contribution in [-0.2, 0) is 4.79 Å². The number of hydrogen-bond donors (Lipinski definition) is 3. The molecule has 7 heteroatoms. The Labute approximate surface area is 166 Å². The van der Waals surface area contributed by atoms with E-state index in [4.69, 9.17) is 5.11 Å². The number of aromatic nitrogens is 1.